The molecular formula is C23H23Cl2N3O3. The summed E-state index contributed by atoms with van der Waals surface area (Å²) in [5.41, 5.74) is 3.99. The van der Waals surface area contributed by atoms with E-state index in [2.05, 4.69) is 10.4 Å². The molecule has 1 N–H and O–H groups in total. The first-order valence-corrected chi connectivity index (χ1v) is 10.8. The van der Waals surface area contributed by atoms with Crippen LogP contribution in [0.3, 0.4) is 0 Å². The zero-order valence-electron chi connectivity index (χ0n) is 17.4. The molecule has 0 unspecified atom stereocenters. The number of rotatable bonds is 5. The maximum absolute atomic E-state index is 12.9. The molecule has 1 aliphatic rings. The molecule has 0 saturated carbocycles. The monoisotopic (exact) mass is 459 g/mol. The molecule has 2 heterocycles. The fourth-order valence-electron chi connectivity index (χ4n) is 3.44. The van der Waals surface area contributed by atoms with Crippen molar-refractivity contribution in [3.8, 4) is 11.5 Å². The van der Waals surface area contributed by atoms with Crippen LogP contribution >= 0.6 is 23.2 Å². The normalized spacial score (nSPS) is 13.0. The molecule has 1 amide bonds. The van der Waals surface area contributed by atoms with Crippen LogP contribution in [0.5, 0.6) is 11.5 Å². The van der Waals surface area contributed by atoms with Gasteiger partial charge in [-0.3, -0.25) is 4.79 Å². The molecule has 4 rings (SSSR count). The van der Waals surface area contributed by atoms with E-state index in [-0.39, 0.29) is 12.5 Å². The van der Waals surface area contributed by atoms with Crippen LogP contribution in [0.15, 0.2) is 36.4 Å². The quantitative estimate of drug-likeness (QED) is 0.586. The first-order chi connectivity index (χ1) is 14.9. The molecule has 0 atom stereocenters. The minimum atomic E-state index is -0.291. The van der Waals surface area contributed by atoms with E-state index >= 15 is 0 Å². The van der Waals surface area contributed by atoms with Gasteiger partial charge in [-0.1, -0.05) is 53.0 Å². The zero-order chi connectivity index (χ0) is 22.0. The number of aromatic nitrogens is 2. The van der Waals surface area contributed by atoms with Gasteiger partial charge in [-0.25, -0.2) is 4.68 Å². The molecule has 2 aromatic carbocycles. The molecule has 0 saturated heterocycles. The summed E-state index contributed by atoms with van der Waals surface area (Å²) in [6.45, 7) is 5.70. The van der Waals surface area contributed by atoms with Gasteiger partial charge >= 0.3 is 0 Å². The third kappa shape index (κ3) is 4.81. The first-order valence-electron chi connectivity index (χ1n) is 10.1. The number of halogens is 2. The minimum absolute atomic E-state index is 0.272. The highest BCUT2D eigenvalue weighted by molar-refractivity contribution is 6.33. The van der Waals surface area contributed by atoms with Gasteiger partial charge in [0.1, 0.15) is 5.15 Å². The number of hydrogen-bond acceptors (Lipinski definition) is 4. The highest BCUT2D eigenvalue weighted by Gasteiger charge is 2.21. The van der Waals surface area contributed by atoms with Crippen LogP contribution < -0.4 is 14.8 Å². The summed E-state index contributed by atoms with van der Waals surface area (Å²) in [5.74, 6) is 0.848. The van der Waals surface area contributed by atoms with Crippen molar-refractivity contribution < 1.29 is 14.3 Å². The van der Waals surface area contributed by atoms with E-state index in [9.17, 15) is 4.79 Å². The third-order valence-electron chi connectivity index (χ3n) is 5.06. The van der Waals surface area contributed by atoms with Gasteiger partial charge in [-0.2, -0.15) is 5.10 Å². The molecule has 31 heavy (non-hydrogen) atoms. The van der Waals surface area contributed by atoms with E-state index in [0.29, 0.717) is 52.7 Å². The molecule has 0 aliphatic carbocycles. The second-order valence-electron chi connectivity index (χ2n) is 7.53. The van der Waals surface area contributed by atoms with E-state index in [1.54, 1.807) is 17.7 Å². The van der Waals surface area contributed by atoms with Crippen LogP contribution in [0.1, 0.15) is 39.2 Å². The van der Waals surface area contributed by atoms with E-state index < -0.39 is 0 Å². The van der Waals surface area contributed by atoms with Crippen molar-refractivity contribution >= 4 is 29.1 Å². The standard InChI is InChI=1S/C23H23Cl2N3O3/c1-14-4-6-16(7-5-14)13-28-22(25)20(15(2)27-28)23(29)26-12-17-10-18(24)21-19(11-17)30-8-3-9-31-21/h4-7,10-11H,3,8-9,12-13H2,1-2H3,(H,26,29). The van der Waals surface area contributed by atoms with Gasteiger partial charge in [0.2, 0.25) is 0 Å². The average Bonchev–Trinajstić information content (AvgIpc) is 2.90. The summed E-state index contributed by atoms with van der Waals surface area (Å²) in [5, 5.41) is 8.13. The van der Waals surface area contributed by atoms with Crippen molar-refractivity contribution in [2.24, 2.45) is 0 Å². The number of nitrogens with one attached hydrogen (secondary N) is 1. The molecule has 162 valence electrons. The van der Waals surface area contributed by atoms with Crippen LogP contribution in [0.25, 0.3) is 0 Å². The fourth-order valence-corrected chi connectivity index (χ4v) is 4.05. The van der Waals surface area contributed by atoms with E-state index in [1.807, 2.05) is 37.3 Å². The van der Waals surface area contributed by atoms with Crippen molar-refractivity contribution in [3.05, 3.63) is 74.5 Å². The SMILES string of the molecule is Cc1ccc(Cn2nc(C)c(C(=O)NCc3cc(Cl)c4c(c3)OCCCO4)c2Cl)cc1. The Hall–Kier alpha value is -2.70. The second-order valence-corrected chi connectivity index (χ2v) is 8.30. The van der Waals surface area contributed by atoms with Crippen molar-refractivity contribution in [3.63, 3.8) is 0 Å². The number of amides is 1. The zero-order valence-corrected chi connectivity index (χ0v) is 18.9. The Morgan fingerprint density at radius 2 is 1.84 bits per heavy atom. The van der Waals surface area contributed by atoms with Crippen molar-refractivity contribution in [2.75, 3.05) is 13.2 Å². The third-order valence-corrected chi connectivity index (χ3v) is 5.73. The van der Waals surface area contributed by atoms with Gasteiger partial charge in [0.25, 0.3) is 5.91 Å². The number of fused-ring (bicyclic) bond motifs is 1. The molecule has 0 fully saturated rings. The Labute approximate surface area is 191 Å². The maximum Gasteiger partial charge on any atom is 0.256 e. The van der Waals surface area contributed by atoms with Gasteiger partial charge in [0.05, 0.1) is 36.0 Å². The van der Waals surface area contributed by atoms with E-state index in [0.717, 1.165) is 17.5 Å². The molecule has 1 aliphatic heterocycles. The molecule has 0 bridgehead atoms. The lowest BCUT2D eigenvalue weighted by Gasteiger charge is -2.12. The fraction of sp³-hybridized carbons (Fsp3) is 0.304. The Morgan fingerprint density at radius 1 is 1.10 bits per heavy atom. The molecular weight excluding hydrogens is 437 g/mol. The molecule has 6 nitrogen and oxygen atoms in total. The number of hydrogen-bond donors (Lipinski definition) is 1. The summed E-state index contributed by atoms with van der Waals surface area (Å²) >= 11 is 12.8. The Morgan fingerprint density at radius 3 is 2.61 bits per heavy atom. The van der Waals surface area contributed by atoms with Crippen molar-refractivity contribution in [1.29, 1.82) is 0 Å². The van der Waals surface area contributed by atoms with Crippen LogP contribution in [0, 0.1) is 13.8 Å². The number of carbonyl (C=O) groups is 1. The number of carbonyl (C=O) groups excluding carboxylic acids is 1. The molecule has 0 spiro atoms. The van der Waals surface area contributed by atoms with Crippen molar-refractivity contribution in [1.82, 2.24) is 15.1 Å². The molecule has 8 heteroatoms. The van der Waals surface area contributed by atoms with Gasteiger partial charge in [-0.15, -0.1) is 0 Å². The number of nitrogens with zero attached hydrogens (tertiary/aromatic N) is 2. The molecule has 1 aromatic heterocycles. The highest BCUT2D eigenvalue weighted by Crippen LogP contribution is 2.38. The maximum atomic E-state index is 12.9. The predicted molar refractivity (Wildman–Crippen MR) is 120 cm³/mol. The lowest BCUT2D eigenvalue weighted by molar-refractivity contribution is 0.0950. The number of aryl methyl sites for hydroxylation is 2. The lowest BCUT2D eigenvalue weighted by atomic mass is 10.1. The van der Waals surface area contributed by atoms with Crippen LogP contribution in [-0.4, -0.2) is 28.9 Å². The average molecular weight is 460 g/mol. The Kier molecular flexibility index (Phi) is 6.39. The van der Waals surface area contributed by atoms with Crippen LogP contribution in [0.4, 0.5) is 0 Å². The van der Waals surface area contributed by atoms with Gasteiger partial charge in [-0.05, 0) is 37.1 Å². The largest absolute Gasteiger partial charge is 0.489 e. The molecule has 3 aromatic rings. The Balaban J connectivity index is 1.48. The Bertz CT molecular complexity index is 1110. The summed E-state index contributed by atoms with van der Waals surface area (Å²) in [6.07, 6.45) is 0.793. The topological polar surface area (TPSA) is 65.4 Å². The van der Waals surface area contributed by atoms with E-state index in [1.165, 1.54) is 5.56 Å². The minimum Gasteiger partial charge on any atom is -0.489 e. The summed E-state index contributed by atoms with van der Waals surface area (Å²) < 4.78 is 13.0. The van der Waals surface area contributed by atoms with Gasteiger partial charge in [0.15, 0.2) is 11.5 Å². The summed E-state index contributed by atoms with van der Waals surface area (Å²) in [4.78, 5) is 12.9. The smallest absolute Gasteiger partial charge is 0.256 e. The first kappa shape index (κ1) is 21.5. The number of ether oxygens (including phenoxy) is 2. The lowest BCUT2D eigenvalue weighted by Crippen LogP contribution is -2.23. The van der Waals surface area contributed by atoms with Gasteiger partial charge < -0.3 is 14.8 Å². The summed E-state index contributed by atoms with van der Waals surface area (Å²) in [6, 6.07) is 11.7. The second kappa shape index (κ2) is 9.20. The van der Waals surface area contributed by atoms with Crippen LogP contribution in [-0.2, 0) is 13.1 Å². The number of benzene rings is 2. The van der Waals surface area contributed by atoms with Crippen LogP contribution in [0.2, 0.25) is 10.2 Å². The van der Waals surface area contributed by atoms with Gasteiger partial charge in [0, 0.05) is 13.0 Å². The predicted octanol–water partition coefficient (Wildman–Crippen LogP) is 4.95. The summed E-state index contributed by atoms with van der Waals surface area (Å²) in [7, 11) is 0. The van der Waals surface area contributed by atoms with Crippen molar-refractivity contribution in [2.45, 2.75) is 33.4 Å². The van der Waals surface area contributed by atoms with E-state index in [4.69, 9.17) is 32.7 Å². The highest BCUT2D eigenvalue weighted by atomic mass is 35.5. The molecule has 0 radical (unpaired) electrons.